The lowest BCUT2D eigenvalue weighted by molar-refractivity contribution is 0.319. The van der Waals surface area contributed by atoms with Crippen LogP contribution in [-0.4, -0.2) is 24.2 Å². The molecule has 0 aliphatic carbocycles. The molecule has 0 fully saturated rings. The Balaban J connectivity index is 2.72. The summed E-state index contributed by atoms with van der Waals surface area (Å²) in [5, 5.41) is 3.53. The highest BCUT2D eigenvalue weighted by molar-refractivity contribution is 8.00. The lowest BCUT2D eigenvalue weighted by Crippen LogP contribution is -2.31. The van der Waals surface area contributed by atoms with Gasteiger partial charge in [-0.1, -0.05) is 20.8 Å². The summed E-state index contributed by atoms with van der Waals surface area (Å²) in [6.45, 7) is 8.25. The Kier molecular flexibility index (Phi) is 7.06. The average Bonchev–Trinajstić information content (AvgIpc) is 2.49. The van der Waals surface area contributed by atoms with Gasteiger partial charge in [-0.15, -0.1) is 0 Å². The van der Waals surface area contributed by atoms with Crippen LogP contribution >= 0.6 is 11.8 Å². The van der Waals surface area contributed by atoms with Crippen molar-refractivity contribution in [3.8, 4) is 5.75 Å². The van der Waals surface area contributed by atoms with Crippen molar-refractivity contribution in [2.24, 2.45) is 0 Å². The molecular weight excluding hydrogens is 268 g/mol. The summed E-state index contributed by atoms with van der Waals surface area (Å²) in [5.41, 5.74) is 7.71. The van der Waals surface area contributed by atoms with E-state index >= 15 is 0 Å². The Morgan fingerprint density at radius 3 is 2.50 bits per heavy atom. The fraction of sp³-hybridized carbons (Fsp3) is 0.625. The van der Waals surface area contributed by atoms with E-state index in [1.807, 2.05) is 30.0 Å². The average molecular weight is 296 g/mol. The fourth-order valence-corrected chi connectivity index (χ4v) is 2.90. The van der Waals surface area contributed by atoms with Crippen LogP contribution in [-0.2, 0) is 0 Å². The number of anilines is 2. The number of nitrogen functional groups attached to an aromatic ring is 1. The fourth-order valence-electron chi connectivity index (χ4n) is 2.11. The SMILES string of the molecule is CCCOc1cc(NCC(CC)(CC)SC)ccc1N. The van der Waals surface area contributed by atoms with E-state index in [1.54, 1.807) is 0 Å². The minimum absolute atomic E-state index is 0.297. The Hall–Kier alpha value is -1.03. The summed E-state index contributed by atoms with van der Waals surface area (Å²) in [6.07, 6.45) is 5.49. The number of hydrogen-bond acceptors (Lipinski definition) is 4. The van der Waals surface area contributed by atoms with E-state index in [9.17, 15) is 0 Å². The second-order valence-corrected chi connectivity index (χ2v) is 6.32. The summed E-state index contributed by atoms with van der Waals surface area (Å²) < 4.78 is 5.96. The van der Waals surface area contributed by atoms with Gasteiger partial charge in [0.15, 0.2) is 0 Å². The topological polar surface area (TPSA) is 47.3 Å². The number of nitrogens with two attached hydrogens (primary N) is 1. The zero-order chi connectivity index (χ0) is 15.0. The number of benzene rings is 1. The largest absolute Gasteiger partial charge is 0.491 e. The minimum atomic E-state index is 0.297. The molecular formula is C16H28N2OS. The first-order chi connectivity index (χ1) is 9.60. The van der Waals surface area contributed by atoms with Crippen LogP contribution in [0.5, 0.6) is 5.75 Å². The lowest BCUT2D eigenvalue weighted by Gasteiger charge is -2.30. The third kappa shape index (κ3) is 4.51. The van der Waals surface area contributed by atoms with Gasteiger partial charge in [-0.25, -0.2) is 0 Å². The van der Waals surface area contributed by atoms with E-state index < -0.39 is 0 Å². The molecule has 0 saturated heterocycles. The van der Waals surface area contributed by atoms with Gasteiger partial charge in [0.25, 0.3) is 0 Å². The summed E-state index contributed by atoms with van der Waals surface area (Å²) in [6, 6.07) is 5.93. The number of ether oxygens (including phenoxy) is 1. The second-order valence-electron chi connectivity index (χ2n) is 5.05. The van der Waals surface area contributed by atoms with Crippen molar-refractivity contribution in [3.63, 3.8) is 0 Å². The highest BCUT2D eigenvalue weighted by Crippen LogP contribution is 2.32. The van der Waals surface area contributed by atoms with Gasteiger partial charge in [0.1, 0.15) is 5.75 Å². The zero-order valence-corrected chi connectivity index (χ0v) is 14.0. The lowest BCUT2D eigenvalue weighted by atomic mass is 10.0. The number of thioether (sulfide) groups is 1. The third-order valence-electron chi connectivity index (χ3n) is 3.81. The van der Waals surface area contributed by atoms with E-state index in [4.69, 9.17) is 10.5 Å². The van der Waals surface area contributed by atoms with Gasteiger partial charge in [-0.05, 0) is 37.7 Å². The summed E-state index contributed by atoms with van der Waals surface area (Å²) in [5.74, 6) is 0.777. The van der Waals surface area contributed by atoms with Crippen molar-refractivity contribution >= 4 is 23.1 Å². The van der Waals surface area contributed by atoms with Crippen molar-refractivity contribution in [2.45, 2.75) is 44.8 Å². The molecule has 0 bridgehead atoms. The zero-order valence-electron chi connectivity index (χ0n) is 13.2. The predicted molar refractivity (Wildman–Crippen MR) is 92.0 cm³/mol. The van der Waals surface area contributed by atoms with Gasteiger partial charge < -0.3 is 15.8 Å². The van der Waals surface area contributed by atoms with Crippen molar-refractivity contribution < 1.29 is 4.74 Å². The molecule has 0 aromatic heterocycles. The molecule has 20 heavy (non-hydrogen) atoms. The molecule has 0 amide bonds. The molecule has 3 N–H and O–H groups in total. The Bertz CT molecular complexity index is 397. The van der Waals surface area contributed by atoms with Crippen molar-refractivity contribution in [3.05, 3.63) is 18.2 Å². The molecule has 3 nitrogen and oxygen atoms in total. The van der Waals surface area contributed by atoms with E-state index in [2.05, 4.69) is 32.3 Å². The number of nitrogens with one attached hydrogen (secondary N) is 1. The van der Waals surface area contributed by atoms with Crippen molar-refractivity contribution in [2.75, 3.05) is 30.5 Å². The Morgan fingerprint density at radius 2 is 1.95 bits per heavy atom. The first-order valence-electron chi connectivity index (χ1n) is 7.42. The molecule has 1 aromatic rings. The molecule has 4 heteroatoms. The standard InChI is InChI=1S/C16H28N2OS/c1-5-10-19-15-11-13(8-9-14(15)17)18-12-16(6-2,7-3)20-4/h8-9,11,18H,5-7,10,12,17H2,1-4H3. The molecule has 0 saturated carbocycles. The Labute approximate surface area is 127 Å². The first-order valence-corrected chi connectivity index (χ1v) is 8.64. The highest BCUT2D eigenvalue weighted by Gasteiger charge is 2.24. The Morgan fingerprint density at radius 1 is 1.25 bits per heavy atom. The second kappa shape index (κ2) is 8.30. The van der Waals surface area contributed by atoms with Crippen LogP contribution in [0, 0.1) is 0 Å². The van der Waals surface area contributed by atoms with Crippen LogP contribution in [0.2, 0.25) is 0 Å². The quantitative estimate of drug-likeness (QED) is 0.663. The number of rotatable bonds is 9. The smallest absolute Gasteiger partial charge is 0.144 e. The van der Waals surface area contributed by atoms with E-state index in [0.717, 1.165) is 37.2 Å². The molecule has 0 atom stereocenters. The molecule has 114 valence electrons. The van der Waals surface area contributed by atoms with E-state index in [1.165, 1.54) is 0 Å². The minimum Gasteiger partial charge on any atom is -0.491 e. The molecule has 1 rings (SSSR count). The van der Waals surface area contributed by atoms with E-state index in [-0.39, 0.29) is 0 Å². The molecule has 0 aliphatic rings. The van der Waals surface area contributed by atoms with Crippen LogP contribution in [0.15, 0.2) is 18.2 Å². The van der Waals surface area contributed by atoms with Gasteiger partial charge >= 0.3 is 0 Å². The summed E-state index contributed by atoms with van der Waals surface area (Å²) in [7, 11) is 0. The van der Waals surface area contributed by atoms with Gasteiger partial charge in [-0.2, -0.15) is 11.8 Å². The molecule has 0 unspecified atom stereocenters. The maximum absolute atomic E-state index is 5.93. The van der Waals surface area contributed by atoms with Crippen molar-refractivity contribution in [1.82, 2.24) is 0 Å². The molecule has 0 aliphatic heterocycles. The normalized spacial score (nSPS) is 11.4. The highest BCUT2D eigenvalue weighted by atomic mass is 32.2. The molecule has 0 spiro atoms. The maximum atomic E-state index is 5.93. The van der Waals surface area contributed by atoms with Crippen LogP contribution < -0.4 is 15.8 Å². The van der Waals surface area contributed by atoms with Crippen LogP contribution in [0.1, 0.15) is 40.0 Å². The third-order valence-corrected chi connectivity index (χ3v) is 5.40. The van der Waals surface area contributed by atoms with Crippen LogP contribution in [0.25, 0.3) is 0 Å². The van der Waals surface area contributed by atoms with Crippen LogP contribution in [0.4, 0.5) is 11.4 Å². The summed E-state index contributed by atoms with van der Waals surface area (Å²) in [4.78, 5) is 0. The van der Waals surface area contributed by atoms with E-state index in [0.29, 0.717) is 17.0 Å². The molecule has 0 heterocycles. The monoisotopic (exact) mass is 296 g/mol. The van der Waals surface area contributed by atoms with Crippen LogP contribution in [0.3, 0.4) is 0 Å². The van der Waals surface area contributed by atoms with Crippen molar-refractivity contribution in [1.29, 1.82) is 0 Å². The first kappa shape index (κ1) is 17.0. The van der Waals surface area contributed by atoms with Gasteiger partial charge in [-0.3, -0.25) is 0 Å². The summed E-state index contributed by atoms with van der Waals surface area (Å²) >= 11 is 1.94. The van der Waals surface area contributed by atoms with Gasteiger partial charge in [0, 0.05) is 23.0 Å². The molecule has 1 aromatic carbocycles. The predicted octanol–water partition coefficient (Wildman–Crippen LogP) is 4.39. The van der Waals surface area contributed by atoms with Gasteiger partial charge in [0.05, 0.1) is 12.3 Å². The van der Waals surface area contributed by atoms with Gasteiger partial charge in [0.2, 0.25) is 0 Å². The maximum Gasteiger partial charge on any atom is 0.144 e. The molecule has 0 radical (unpaired) electrons. The number of hydrogen-bond donors (Lipinski definition) is 2.